The lowest BCUT2D eigenvalue weighted by Gasteiger charge is -2.34. The van der Waals surface area contributed by atoms with Gasteiger partial charge < -0.3 is 25.3 Å². The number of carbonyl (C=O) groups excluding carboxylic acids is 3. The van der Waals surface area contributed by atoms with E-state index < -0.39 is 86.9 Å². The number of benzene rings is 4. The quantitative estimate of drug-likeness (QED) is 0.0211. The Labute approximate surface area is 336 Å². The van der Waals surface area contributed by atoms with Crippen LogP contribution in [0.5, 0.6) is 11.5 Å². The number of rotatable bonds is 11. The van der Waals surface area contributed by atoms with Crippen LogP contribution >= 0.6 is 0 Å². The van der Waals surface area contributed by atoms with E-state index in [-0.39, 0.29) is 47.8 Å². The fraction of sp³-hybridized carbons (Fsp3) is 0.317. The minimum atomic E-state index is -4.44. The number of ketones is 1. The third kappa shape index (κ3) is 8.31. The number of Topliss-reactive ketones (excluding diaryl/α,β-unsaturated/α-hetero) is 1. The maximum Gasteiger partial charge on any atom is 0.407 e. The van der Waals surface area contributed by atoms with Crippen molar-refractivity contribution in [1.82, 2.24) is 10.0 Å². The van der Waals surface area contributed by atoms with Gasteiger partial charge in [-0.2, -0.15) is 8.78 Å². The normalized spacial score (nSPS) is 15.1. The Bertz CT molecular complexity index is 2470. The largest absolute Gasteiger partial charge is 0.486 e. The molecule has 0 saturated heterocycles. The number of hydrogen-bond acceptors (Lipinski definition) is 9. The Morgan fingerprint density at radius 2 is 1.46 bits per heavy atom. The van der Waals surface area contributed by atoms with Crippen molar-refractivity contribution in [3.63, 3.8) is 0 Å². The second-order valence-corrected chi connectivity index (χ2v) is 16.3. The number of guanidine groups is 1. The molecule has 12 nitrogen and oxygen atoms in total. The zero-order valence-corrected chi connectivity index (χ0v) is 33.2. The SMILES string of the molecule is Cc1c(C)c(S(=O)(=O)NC(N)=NCCC[C@H](NC(=O)OCC2c3ccccc3-c3ccccc32)C(=O)Oc2c(F)c(F)c(F)c(F)c2F)c(C)c2c1OC(C)(C)CC2=O. The molecule has 59 heavy (non-hydrogen) atoms. The van der Waals surface area contributed by atoms with Crippen molar-refractivity contribution >= 4 is 33.8 Å². The van der Waals surface area contributed by atoms with Gasteiger partial charge in [0.05, 0.1) is 16.9 Å². The number of nitrogens with zero attached hydrogens (tertiary/aromatic N) is 1. The molecule has 0 saturated carbocycles. The van der Waals surface area contributed by atoms with Gasteiger partial charge in [0.2, 0.25) is 40.8 Å². The minimum Gasteiger partial charge on any atom is -0.486 e. The lowest BCUT2D eigenvalue weighted by molar-refractivity contribution is -0.137. The number of halogens is 5. The topological polar surface area (TPSA) is 175 Å². The van der Waals surface area contributed by atoms with Crippen molar-refractivity contribution in [2.24, 2.45) is 10.7 Å². The third-order valence-corrected chi connectivity index (χ3v) is 11.8. The standard InChI is InChI=1S/C41H39F5N4O8S/c1-19-20(2)37(21(3)29-28(51)17-41(4,5)58-35(19)29)59(54,55)50-39(47)48-16-10-15-27(38(52)57-36-33(45)31(43)30(42)32(44)34(36)46)49-40(53)56-18-26-24-13-8-6-11-22(24)23-12-7-9-14-25(23)26/h6-9,11-14,26-27H,10,15-18H2,1-5H3,(H,49,53)(H3,47,48,50)/t27-/m0/s1. The van der Waals surface area contributed by atoms with Gasteiger partial charge in [-0.05, 0) is 86.4 Å². The molecule has 0 unspecified atom stereocenters. The maximum atomic E-state index is 14.5. The predicted molar refractivity (Wildman–Crippen MR) is 204 cm³/mol. The Hall–Kier alpha value is -6.04. The number of hydrogen-bond donors (Lipinski definition) is 3. The zero-order valence-electron chi connectivity index (χ0n) is 32.4. The number of nitrogens with one attached hydrogen (secondary N) is 2. The monoisotopic (exact) mass is 842 g/mol. The van der Waals surface area contributed by atoms with Gasteiger partial charge in [-0.3, -0.25) is 9.79 Å². The number of ether oxygens (including phenoxy) is 3. The molecule has 312 valence electrons. The number of esters is 1. The van der Waals surface area contributed by atoms with E-state index in [4.69, 9.17) is 15.2 Å². The van der Waals surface area contributed by atoms with Crippen molar-refractivity contribution in [2.45, 2.75) is 76.3 Å². The van der Waals surface area contributed by atoms with E-state index in [1.807, 2.05) is 48.5 Å². The predicted octanol–water partition coefficient (Wildman–Crippen LogP) is 6.94. The Balaban J connectivity index is 1.17. The van der Waals surface area contributed by atoms with Gasteiger partial charge in [-0.1, -0.05) is 48.5 Å². The highest BCUT2D eigenvalue weighted by atomic mass is 32.2. The third-order valence-electron chi connectivity index (χ3n) is 10.2. The molecule has 0 aromatic heterocycles. The Morgan fingerprint density at radius 3 is 2.05 bits per heavy atom. The molecule has 4 aromatic rings. The highest BCUT2D eigenvalue weighted by Crippen LogP contribution is 2.45. The van der Waals surface area contributed by atoms with E-state index in [9.17, 15) is 44.8 Å². The van der Waals surface area contributed by atoms with E-state index >= 15 is 0 Å². The van der Waals surface area contributed by atoms with Gasteiger partial charge in [-0.25, -0.2) is 35.9 Å². The van der Waals surface area contributed by atoms with E-state index in [1.165, 1.54) is 6.92 Å². The molecule has 1 aliphatic carbocycles. The summed E-state index contributed by atoms with van der Waals surface area (Å²) in [6.07, 6.45) is -1.77. The summed E-state index contributed by atoms with van der Waals surface area (Å²) in [4.78, 5) is 43.2. The second-order valence-electron chi connectivity index (χ2n) is 14.7. The number of nitrogens with two attached hydrogens (primary N) is 1. The summed E-state index contributed by atoms with van der Waals surface area (Å²) in [7, 11) is -4.44. The molecule has 2 aliphatic rings. The highest BCUT2D eigenvalue weighted by Gasteiger charge is 2.39. The number of carbonyl (C=O) groups is 3. The van der Waals surface area contributed by atoms with Crippen molar-refractivity contribution in [3.8, 4) is 22.6 Å². The molecule has 0 radical (unpaired) electrons. The zero-order chi connectivity index (χ0) is 43.1. The molecule has 1 heterocycles. The number of amides is 1. The number of fused-ring (bicyclic) bond motifs is 4. The van der Waals surface area contributed by atoms with E-state index in [1.54, 1.807) is 27.7 Å². The van der Waals surface area contributed by atoms with Gasteiger partial charge in [0, 0.05) is 12.5 Å². The molecule has 4 aromatic carbocycles. The van der Waals surface area contributed by atoms with Crippen LogP contribution < -0.4 is 25.2 Å². The van der Waals surface area contributed by atoms with Crippen molar-refractivity contribution in [2.75, 3.05) is 13.2 Å². The summed E-state index contributed by atoms with van der Waals surface area (Å²) in [6, 6.07) is 13.1. The smallest absolute Gasteiger partial charge is 0.407 e. The van der Waals surface area contributed by atoms with Gasteiger partial charge in [-0.15, -0.1) is 0 Å². The fourth-order valence-electron chi connectivity index (χ4n) is 7.34. The van der Waals surface area contributed by atoms with Crippen molar-refractivity contribution < 1.29 is 59.0 Å². The van der Waals surface area contributed by atoms with Crippen LogP contribution in [0.3, 0.4) is 0 Å². The number of aliphatic imine (C=N–C) groups is 1. The molecule has 6 rings (SSSR count). The molecule has 0 bridgehead atoms. The van der Waals surface area contributed by atoms with Gasteiger partial charge in [0.1, 0.15) is 24.0 Å². The van der Waals surface area contributed by atoms with Crippen LogP contribution in [0.1, 0.15) is 77.2 Å². The fourth-order valence-corrected chi connectivity index (χ4v) is 8.84. The van der Waals surface area contributed by atoms with Gasteiger partial charge in [0.25, 0.3) is 10.0 Å². The molecular formula is C41H39F5N4O8S. The Kier molecular flexibility index (Phi) is 11.8. The summed E-state index contributed by atoms with van der Waals surface area (Å²) < 4.78 is 116. The molecule has 1 atom stereocenters. The molecular weight excluding hydrogens is 804 g/mol. The molecule has 1 aliphatic heterocycles. The van der Waals surface area contributed by atoms with Crippen LogP contribution in [-0.4, -0.2) is 57.0 Å². The van der Waals surface area contributed by atoms with E-state index in [0.717, 1.165) is 22.3 Å². The second kappa shape index (κ2) is 16.3. The number of alkyl carbamates (subject to hydrolysis) is 1. The van der Waals surface area contributed by atoms with E-state index in [2.05, 4.69) is 19.8 Å². The Morgan fingerprint density at radius 1 is 0.898 bits per heavy atom. The first-order chi connectivity index (χ1) is 27.7. The summed E-state index contributed by atoms with van der Waals surface area (Å²) in [5, 5.41) is 2.22. The summed E-state index contributed by atoms with van der Waals surface area (Å²) in [5.41, 5.74) is 9.77. The van der Waals surface area contributed by atoms with Gasteiger partial charge >= 0.3 is 12.1 Å². The minimum absolute atomic E-state index is 0.0199. The first-order valence-corrected chi connectivity index (χ1v) is 19.8. The van der Waals surface area contributed by atoms with Crippen LogP contribution in [0.2, 0.25) is 0 Å². The lowest BCUT2D eigenvalue weighted by Crippen LogP contribution is -2.44. The summed E-state index contributed by atoms with van der Waals surface area (Å²) >= 11 is 0. The molecule has 0 spiro atoms. The molecule has 1 amide bonds. The van der Waals surface area contributed by atoms with Crippen molar-refractivity contribution in [3.05, 3.63) is 111 Å². The molecule has 18 heteroatoms. The summed E-state index contributed by atoms with van der Waals surface area (Å²) in [5.74, 6) is -16.5. The first-order valence-electron chi connectivity index (χ1n) is 18.3. The first kappa shape index (κ1) is 42.6. The van der Waals surface area contributed by atoms with Crippen LogP contribution in [0.25, 0.3) is 11.1 Å². The van der Waals surface area contributed by atoms with E-state index in [0.29, 0.717) is 16.9 Å². The summed E-state index contributed by atoms with van der Waals surface area (Å²) in [6.45, 7) is 7.63. The van der Waals surface area contributed by atoms with Crippen LogP contribution in [0, 0.1) is 49.9 Å². The lowest BCUT2D eigenvalue weighted by atomic mass is 9.87. The van der Waals surface area contributed by atoms with Crippen LogP contribution in [0.15, 0.2) is 58.4 Å². The number of sulfonamides is 1. The molecule has 4 N–H and O–H groups in total. The van der Waals surface area contributed by atoms with Crippen molar-refractivity contribution in [1.29, 1.82) is 0 Å². The average Bonchev–Trinajstić information content (AvgIpc) is 3.49. The molecule has 0 fully saturated rings. The van der Waals surface area contributed by atoms with Crippen LogP contribution in [0.4, 0.5) is 26.7 Å². The maximum absolute atomic E-state index is 14.5. The average molecular weight is 843 g/mol. The highest BCUT2D eigenvalue weighted by molar-refractivity contribution is 7.90. The van der Waals surface area contributed by atoms with Gasteiger partial charge in [0.15, 0.2) is 5.78 Å². The van der Waals surface area contributed by atoms with Crippen LogP contribution in [-0.2, 0) is 19.6 Å².